The number of hydrogen-bond donors (Lipinski definition) is 4. The van der Waals surface area contributed by atoms with Gasteiger partial charge in [0.05, 0.1) is 18.4 Å². The lowest BCUT2D eigenvalue weighted by Gasteiger charge is -2.29. The largest absolute Gasteiger partial charge is 0.444 e. The van der Waals surface area contributed by atoms with Crippen molar-refractivity contribution in [2.75, 3.05) is 29.9 Å². The topological polar surface area (TPSA) is 128 Å². The maximum Gasteiger partial charge on any atom is 0.407 e. The van der Waals surface area contributed by atoms with Crippen molar-refractivity contribution in [1.29, 1.82) is 0 Å². The van der Waals surface area contributed by atoms with Gasteiger partial charge in [-0.1, -0.05) is 29.3 Å². The summed E-state index contributed by atoms with van der Waals surface area (Å²) in [5.41, 5.74) is 2.01. The minimum atomic E-state index is -0.441. The van der Waals surface area contributed by atoms with E-state index in [1.165, 1.54) is 6.20 Å². The highest BCUT2D eigenvalue weighted by Gasteiger charge is 2.29. The standard InChI is InChI=1S/C24H31ClN6O4/c1-15-2-6-17(7-3-15)28-23(33)26-12-16-4-8-18(9-5-16)29-24(34)35-19-10-11-31(14-19)20-13-27-30-22(32)21(20)25/h2-3,6-7,13,16,18-19H,4-5,8-12,14H2,1H3,(H,29,34)(H,30,32)(H2,26,28,33)/t16-,18-,19-/m1/s1. The molecule has 1 aromatic carbocycles. The number of alkyl carbamates (subject to hydrolysis) is 1. The van der Waals surface area contributed by atoms with Crippen molar-refractivity contribution in [3.8, 4) is 0 Å². The zero-order valence-electron chi connectivity index (χ0n) is 19.7. The first-order valence-corrected chi connectivity index (χ1v) is 12.3. The molecule has 3 amide bonds. The quantitative estimate of drug-likeness (QED) is 0.479. The first-order valence-electron chi connectivity index (χ1n) is 11.9. The van der Waals surface area contributed by atoms with Crippen LogP contribution in [0.2, 0.25) is 5.02 Å². The summed E-state index contributed by atoms with van der Waals surface area (Å²) in [7, 11) is 0. The minimum absolute atomic E-state index is 0.0592. The Balaban J connectivity index is 1.13. The molecule has 2 aromatic rings. The molecule has 1 aliphatic carbocycles. The number of anilines is 2. The Bertz CT molecular complexity index is 1080. The second kappa shape index (κ2) is 11.4. The summed E-state index contributed by atoms with van der Waals surface area (Å²) >= 11 is 6.08. The van der Waals surface area contributed by atoms with Crippen LogP contribution < -0.4 is 26.4 Å². The molecule has 11 heteroatoms. The molecule has 4 rings (SSSR count). The number of nitrogens with zero attached hydrogens (tertiary/aromatic N) is 2. The molecule has 0 bridgehead atoms. The van der Waals surface area contributed by atoms with Gasteiger partial charge >= 0.3 is 12.1 Å². The van der Waals surface area contributed by atoms with Gasteiger partial charge < -0.3 is 25.6 Å². The average molecular weight is 503 g/mol. The van der Waals surface area contributed by atoms with Crippen LogP contribution in [0.15, 0.2) is 35.3 Å². The maximum absolute atomic E-state index is 12.4. The molecular weight excluding hydrogens is 472 g/mol. The SMILES string of the molecule is Cc1ccc(NC(=O)NC[C@H]2CC[C@H](NC(=O)O[C@@H]3CCN(c4cn[nH]c(=O)c4Cl)C3)CC2)cc1. The van der Waals surface area contributed by atoms with Crippen molar-refractivity contribution >= 4 is 35.1 Å². The van der Waals surface area contributed by atoms with Gasteiger partial charge in [0, 0.05) is 31.2 Å². The number of aryl methyl sites for hydroxylation is 1. The molecule has 35 heavy (non-hydrogen) atoms. The average Bonchev–Trinajstić information content (AvgIpc) is 3.30. The Labute approximate surface area is 208 Å². The van der Waals surface area contributed by atoms with E-state index in [-0.39, 0.29) is 23.2 Å². The second-order valence-electron chi connectivity index (χ2n) is 9.22. The zero-order chi connectivity index (χ0) is 24.8. The van der Waals surface area contributed by atoms with Gasteiger partial charge in [0.2, 0.25) is 0 Å². The number of benzene rings is 1. The summed E-state index contributed by atoms with van der Waals surface area (Å²) in [6.07, 6.45) is 4.97. The van der Waals surface area contributed by atoms with Gasteiger partial charge in [0.15, 0.2) is 0 Å². The fourth-order valence-corrected chi connectivity index (χ4v) is 4.76. The van der Waals surface area contributed by atoms with E-state index in [1.807, 2.05) is 36.1 Å². The van der Waals surface area contributed by atoms with Crippen molar-refractivity contribution in [1.82, 2.24) is 20.8 Å². The van der Waals surface area contributed by atoms with E-state index < -0.39 is 11.7 Å². The Morgan fingerprint density at radius 3 is 2.66 bits per heavy atom. The monoisotopic (exact) mass is 502 g/mol. The number of aromatic amines is 1. The Kier molecular flexibility index (Phi) is 8.12. The summed E-state index contributed by atoms with van der Waals surface area (Å²) in [5.74, 6) is 0.378. The number of hydrogen-bond acceptors (Lipinski definition) is 6. The van der Waals surface area contributed by atoms with E-state index in [9.17, 15) is 14.4 Å². The number of ether oxygens (including phenoxy) is 1. The number of carbonyl (C=O) groups excluding carboxylic acids is 2. The van der Waals surface area contributed by atoms with Crippen LogP contribution in [0.25, 0.3) is 0 Å². The normalized spacial score (nSPS) is 21.9. The molecule has 1 aliphatic heterocycles. The second-order valence-corrected chi connectivity index (χ2v) is 9.60. The van der Waals surface area contributed by atoms with Gasteiger partial charge in [-0.05, 0) is 50.7 Å². The van der Waals surface area contributed by atoms with Gasteiger partial charge in [0.1, 0.15) is 11.1 Å². The number of amides is 3. The Hall–Kier alpha value is -3.27. The highest BCUT2D eigenvalue weighted by Crippen LogP contribution is 2.27. The number of H-pyrrole nitrogens is 1. The lowest BCUT2D eigenvalue weighted by atomic mass is 9.86. The minimum Gasteiger partial charge on any atom is -0.444 e. The molecule has 1 atom stereocenters. The third-order valence-corrected chi connectivity index (χ3v) is 6.93. The summed E-state index contributed by atoms with van der Waals surface area (Å²) in [4.78, 5) is 38.1. The van der Waals surface area contributed by atoms with E-state index in [2.05, 4.69) is 26.1 Å². The highest BCUT2D eigenvalue weighted by atomic mass is 35.5. The third-order valence-electron chi connectivity index (χ3n) is 6.57. The third kappa shape index (κ3) is 6.88. The number of halogens is 1. The molecule has 1 aromatic heterocycles. The molecule has 2 fully saturated rings. The fourth-order valence-electron chi connectivity index (χ4n) is 4.55. The van der Waals surface area contributed by atoms with Gasteiger partial charge in [0.25, 0.3) is 5.56 Å². The van der Waals surface area contributed by atoms with E-state index in [1.54, 1.807) is 0 Å². The predicted molar refractivity (Wildman–Crippen MR) is 134 cm³/mol. The molecule has 188 valence electrons. The summed E-state index contributed by atoms with van der Waals surface area (Å²) in [6, 6.07) is 7.52. The van der Waals surface area contributed by atoms with Crippen molar-refractivity contribution in [3.63, 3.8) is 0 Å². The highest BCUT2D eigenvalue weighted by molar-refractivity contribution is 6.33. The molecule has 1 saturated carbocycles. The lowest BCUT2D eigenvalue weighted by Crippen LogP contribution is -2.41. The van der Waals surface area contributed by atoms with Crippen LogP contribution >= 0.6 is 11.6 Å². The first-order chi connectivity index (χ1) is 16.9. The van der Waals surface area contributed by atoms with E-state index in [0.717, 1.165) is 36.9 Å². The Morgan fingerprint density at radius 1 is 1.17 bits per heavy atom. The van der Waals surface area contributed by atoms with Crippen LogP contribution in [-0.2, 0) is 4.74 Å². The van der Waals surface area contributed by atoms with Crippen molar-refractivity contribution in [2.45, 2.75) is 51.2 Å². The number of nitrogens with one attached hydrogen (secondary N) is 4. The molecular formula is C24H31ClN6O4. The van der Waals surface area contributed by atoms with E-state index in [0.29, 0.717) is 37.7 Å². The van der Waals surface area contributed by atoms with Crippen molar-refractivity contribution in [3.05, 3.63) is 51.4 Å². The zero-order valence-corrected chi connectivity index (χ0v) is 20.4. The number of aromatic nitrogens is 2. The molecule has 2 aliphatic rings. The molecule has 0 unspecified atom stereocenters. The first kappa shape index (κ1) is 24.8. The van der Waals surface area contributed by atoms with Crippen LogP contribution in [0, 0.1) is 12.8 Å². The lowest BCUT2D eigenvalue weighted by molar-refractivity contribution is 0.102. The molecule has 1 saturated heterocycles. The van der Waals surface area contributed by atoms with Gasteiger partial charge in [-0.2, -0.15) is 5.10 Å². The summed E-state index contributed by atoms with van der Waals surface area (Å²) in [6.45, 7) is 3.69. The molecule has 2 heterocycles. The van der Waals surface area contributed by atoms with Crippen LogP contribution in [0.1, 0.15) is 37.7 Å². The summed E-state index contributed by atoms with van der Waals surface area (Å²) in [5, 5.41) is 14.9. The predicted octanol–water partition coefficient (Wildman–Crippen LogP) is 3.42. The van der Waals surface area contributed by atoms with E-state index in [4.69, 9.17) is 16.3 Å². The molecule has 0 radical (unpaired) electrons. The van der Waals surface area contributed by atoms with Gasteiger partial charge in [-0.25, -0.2) is 14.7 Å². The molecule has 10 nitrogen and oxygen atoms in total. The fraction of sp³-hybridized carbons (Fsp3) is 0.500. The van der Waals surface area contributed by atoms with E-state index >= 15 is 0 Å². The van der Waals surface area contributed by atoms with Crippen molar-refractivity contribution in [2.24, 2.45) is 5.92 Å². The maximum atomic E-state index is 12.4. The smallest absolute Gasteiger partial charge is 0.407 e. The van der Waals surface area contributed by atoms with Gasteiger partial charge in [-0.3, -0.25) is 4.79 Å². The Morgan fingerprint density at radius 2 is 1.91 bits per heavy atom. The van der Waals surface area contributed by atoms with Gasteiger partial charge in [-0.15, -0.1) is 0 Å². The van der Waals surface area contributed by atoms with Crippen molar-refractivity contribution < 1.29 is 14.3 Å². The summed E-state index contributed by atoms with van der Waals surface area (Å²) < 4.78 is 5.60. The number of carbonyl (C=O) groups is 2. The van der Waals surface area contributed by atoms with Crippen LogP contribution in [0.5, 0.6) is 0 Å². The number of rotatable bonds is 6. The molecule has 0 spiro atoms. The molecule has 4 N–H and O–H groups in total. The van der Waals surface area contributed by atoms with Crippen LogP contribution in [-0.4, -0.2) is 54.1 Å². The van der Waals surface area contributed by atoms with Crippen LogP contribution in [0.3, 0.4) is 0 Å². The number of urea groups is 1. The van der Waals surface area contributed by atoms with Crippen LogP contribution in [0.4, 0.5) is 21.0 Å².